The fraction of sp³-hybridized carbons (Fsp3) is 0.605. The van der Waals surface area contributed by atoms with Crippen molar-refractivity contribution in [3.8, 4) is 5.75 Å². The number of carbonyl (C=O) groups is 3. The van der Waals surface area contributed by atoms with Gasteiger partial charge in [-0.05, 0) is 74.9 Å². The van der Waals surface area contributed by atoms with Crippen LogP contribution in [0.1, 0.15) is 46.5 Å². The minimum absolute atomic E-state index is 0.00378. The molecule has 3 aliphatic carbocycles. The summed E-state index contributed by atoms with van der Waals surface area (Å²) in [4.78, 5) is 47.1. The highest BCUT2D eigenvalue weighted by molar-refractivity contribution is 6.13. The van der Waals surface area contributed by atoms with Gasteiger partial charge in [0, 0.05) is 82.3 Å². The Labute approximate surface area is 294 Å². The molecule has 0 aromatic heterocycles. The molecule has 1 aromatic rings. The van der Waals surface area contributed by atoms with E-state index in [1.54, 1.807) is 13.3 Å². The standard InChI is InChI=1S/C38H51N3O9/c1-23(42)49-28-20-37(2)27(12-13-29(37)43)31-33(28)38(3)30(22-47-5)50-36(46)26(32(38)35(45)34(31)44)21-39(4)14-7-15-40-16-18-41(19-17-40)24-8-10-25(48-6)11-9-24/h8-11,21,27-30,43,45H,7,12-20,22H2,1-6H3/b26-21-. The lowest BCUT2D eigenvalue weighted by molar-refractivity contribution is -0.161. The number of cyclic esters (lactones) is 1. The molecule has 0 radical (unpaired) electrons. The van der Waals surface area contributed by atoms with Crippen molar-refractivity contribution >= 4 is 23.4 Å². The third kappa shape index (κ3) is 6.19. The highest BCUT2D eigenvalue weighted by atomic mass is 16.6. The Bertz CT molecular complexity index is 1590. The predicted molar refractivity (Wildman–Crippen MR) is 186 cm³/mol. The number of benzene rings is 1. The Hall–Kier alpha value is -3.87. The molecule has 12 nitrogen and oxygen atoms in total. The molecule has 6 atom stereocenters. The Kier molecular flexibility index (Phi) is 10.1. The summed E-state index contributed by atoms with van der Waals surface area (Å²) in [6.45, 7) is 10.3. The average Bonchev–Trinajstić information content (AvgIpc) is 3.38. The fourth-order valence-corrected chi connectivity index (χ4v) is 9.12. The number of nitrogens with zero attached hydrogens (tertiary/aromatic N) is 3. The van der Waals surface area contributed by atoms with Crippen LogP contribution in [0, 0.1) is 16.7 Å². The lowest BCUT2D eigenvalue weighted by atomic mass is 9.53. The van der Waals surface area contributed by atoms with Crippen LogP contribution in [0.2, 0.25) is 0 Å². The van der Waals surface area contributed by atoms with Crippen molar-refractivity contribution in [2.45, 2.75) is 64.8 Å². The Morgan fingerprint density at radius 2 is 1.80 bits per heavy atom. The Morgan fingerprint density at radius 3 is 2.44 bits per heavy atom. The summed E-state index contributed by atoms with van der Waals surface area (Å²) in [5, 5.41) is 22.8. The molecule has 50 heavy (non-hydrogen) atoms. The summed E-state index contributed by atoms with van der Waals surface area (Å²) in [5.41, 5.74) is 0.353. The number of hydrogen-bond acceptors (Lipinski definition) is 12. The van der Waals surface area contributed by atoms with Crippen molar-refractivity contribution in [2.75, 3.05) is 72.0 Å². The van der Waals surface area contributed by atoms with E-state index in [-0.39, 0.29) is 23.7 Å². The van der Waals surface area contributed by atoms with Crippen LogP contribution in [0.3, 0.4) is 0 Å². The van der Waals surface area contributed by atoms with Crippen LogP contribution in [-0.4, -0.2) is 123 Å². The number of ether oxygens (including phenoxy) is 4. The SMILES string of the molecule is COCC1OC(=O)/C(=C\N(C)CCCN2CCN(c3ccc(OC)cc3)CC2)C2=C(O)C(=O)C3=C(C(OC(C)=O)CC4(C)C(O)CCC34)C21C. The van der Waals surface area contributed by atoms with Gasteiger partial charge in [-0.2, -0.15) is 0 Å². The number of aliphatic hydroxyl groups is 2. The molecule has 2 N–H and O–H groups in total. The summed E-state index contributed by atoms with van der Waals surface area (Å²) >= 11 is 0. The van der Waals surface area contributed by atoms with Gasteiger partial charge in [-0.1, -0.05) is 6.92 Å². The van der Waals surface area contributed by atoms with E-state index in [0.717, 1.165) is 44.9 Å². The first-order valence-corrected chi connectivity index (χ1v) is 17.6. The Balaban J connectivity index is 1.22. The molecule has 2 saturated heterocycles. The van der Waals surface area contributed by atoms with Crippen molar-refractivity contribution in [1.82, 2.24) is 9.80 Å². The topological polar surface area (TPSA) is 138 Å². The third-order valence-corrected chi connectivity index (χ3v) is 11.8. The second-order valence-electron chi connectivity index (χ2n) is 14.8. The van der Waals surface area contributed by atoms with E-state index in [4.69, 9.17) is 18.9 Å². The zero-order valence-corrected chi connectivity index (χ0v) is 30.1. The van der Waals surface area contributed by atoms with Crippen molar-refractivity contribution in [3.05, 3.63) is 58.5 Å². The number of rotatable bonds is 10. The summed E-state index contributed by atoms with van der Waals surface area (Å²) < 4.78 is 22.8. The summed E-state index contributed by atoms with van der Waals surface area (Å²) in [5.74, 6) is -1.81. The molecule has 3 fully saturated rings. The summed E-state index contributed by atoms with van der Waals surface area (Å²) in [7, 11) is 5.02. The molecule has 5 aliphatic rings. The smallest absolute Gasteiger partial charge is 0.340 e. The molecule has 1 aromatic carbocycles. The van der Waals surface area contributed by atoms with Crippen LogP contribution in [0.4, 0.5) is 5.69 Å². The number of fused-ring (bicyclic) bond motifs is 4. The van der Waals surface area contributed by atoms with Gasteiger partial charge in [-0.3, -0.25) is 14.5 Å². The lowest BCUT2D eigenvalue weighted by Gasteiger charge is -2.54. The summed E-state index contributed by atoms with van der Waals surface area (Å²) in [6, 6.07) is 8.13. The van der Waals surface area contributed by atoms with Crippen LogP contribution in [0.25, 0.3) is 0 Å². The van der Waals surface area contributed by atoms with E-state index in [9.17, 15) is 24.6 Å². The minimum atomic E-state index is -1.23. The average molecular weight is 694 g/mol. The van der Waals surface area contributed by atoms with Crippen LogP contribution in [0.5, 0.6) is 5.75 Å². The Morgan fingerprint density at radius 1 is 1.10 bits per heavy atom. The van der Waals surface area contributed by atoms with Crippen LogP contribution in [0.15, 0.2) is 58.5 Å². The van der Waals surface area contributed by atoms with Gasteiger partial charge in [0.25, 0.3) is 0 Å². The molecule has 2 aliphatic heterocycles. The first-order valence-electron chi connectivity index (χ1n) is 17.6. The minimum Gasteiger partial charge on any atom is -0.504 e. The van der Waals surface area contributed by atoms with Crippen LogP contribution < -0.4 is 9.64 Å². The highest BCUT2D eigenvalue weighted by Crippen LogP contribution is 2.63. The maximum Gasteiger partial charge on any atom is 0.340 e. The van der Waals surface area contributed by atoms with Gasteiger partial charge in [0.05, 0.1) is 30.8 Å². The molecule has 12 heteroatoms. The molecule has 1 saturated carbocycles. The van der Waals surface area contributed by atoms with Crippen LogP contribution >= 0.6 is 0 Å². The quantitative estimate of drug-likeness (QED) is 0.275. The van der Waals surface area contributed by atoms with Gasteiger partial charge < -0.3 is 39.0 Å². The van der Waals surface area contributed by atoms with Gasteiger partial charge in [0.15, 0.2) is 5.76 Å². The number of aliphatic hydroxyl groups excluding tert-OH is 2. The molecular weight excluding hydrogens is 642 g/mol. The van der Waals surface area contributed by atoms with E-state index in [0.29, 0.717) is 37.0 Å². The molecular formula is C38H51N3O9. The molecule has 0 spiro atoms. The lowest BCUT2D eigenvalue weighted by Crippen LogP contribution is -2.57. The number of Topliss-reactive ketones (excluding diaryl/α,β-unsaturated/α-hetero) is 1. The van der Waals surface area contributed by atoms with Crippen LogP contribution in [-0.2, 0) is 28.6 Å². The second-order valence-corrected chi connectivity index (χ2v) is 14.8. The third-order valence-electron chi connectivity index (χ3n) is 11.8. The van der Waals surface area contributed by atoms with Gasteiger partial charge in [0.2, 0.25) is 5.78 Å². The predicted octanol–water partition coefficient (Wildman–Crippen LogP) is 3.41. The second kappa shape index (κ2) is 14.0. The van der Waals surface area contributed by atoms with Gasteiger partial charge in [0.1, 0.15) is 18.0 Å². The fourth-order valence-electron chi connectivity index (χ4n) is 9.12. The summed E-state index contributed by atoms with van der Waals surface area (Å²) in [6.07, 6.45) is 1.35. The number of methoxy groups -OCH3 is 2. The van der Waals surface area contributed by atoms with Crippen molar-refractivity contribution in [3.63, 3.8) is 0 Å². The van der Waals surface area contributed by atoms with E-state index < -0.39 is 52.6 Å². The molecule has 6 unspecified atom stereocenters. The van der Waals surface area contributed by atoms with E-state index in [1.807, 2.05) is 37.9 Å². The monoisotopic (exact) mass is 693 g/mol. The maximum absolute atomic E-state index is 14.2. The van der Waals surface area contributed by atoms with E-state index in [1.165, 1.54) is 19.7 Å². The zero-order chi connectivity index (χ0) is 36.0. The van der Waals surface area contributed by atoms with Gasteiger partial charge >= 0.3 is 11.9 Å². The molecule has 0 amide bonds. The van der Waals surface area contributed by atoms with Crippen molar-refractivity contribution in [1.29, 1.82) is 0 Å². The normalized spacial score (nSPS) is 32.1. The number of allylic oxidation sites excluding steroid dienone is 1. The number of ketones is 1. The van der Waals surface area contributed by atoms with Gasteiger partial charge in [-0.15, -0.1) is 0 Å². The van der Waals surface area contributed by atoms with E-state index >= 15 is 0 Å². The first-order chi connectivity index (χ1) is 23.8. The van der Waals surface area contributed by atoms with Gasteiger partial charge in [-0.25, -0.2) is 4.79 Å². The maximum atomic E-state index is 14.2. The highest BCUT2D eigenvalue weighted by Gasteiger charge is 2.64. The molecule has 0 bridgehead atoms. The number of esters is 2. The first kappa shape index (κ1) is 35.9. The molecule has 2 heterocycles. The molecule has 272 valence electrons. The van der Waals surface area contributed by atoms with E-state index in [2.05, 4.69) is 21.9 Å². The number of hydrogen-bond donors (Lipinski definition) is 2. The van der Waals surface area contributed by atoms with Crippen molar-refractivity contribution in [2.24, 2.45) is 16.7 Å². The largest absolute Gasteiger partial charge is 0.504 e. The molecule has 6 rings (SSSR count). The number of piperazine rings is 1. The van der Waals surface area contributed by atoms with Crippen molar-refractivity contribution < 1.29 is 43.5 Å². The zero-order valence-electron chi connectivity index (χ0n) is 30.1. The number of anilines is 1. The number of carbonyl (C=O) groups excluding carboxylic acids is 3.